The molecule has 0 atom stereocenters. The summed E-state index contributed by atoms with van der Waals surface area (Å²) in [6.07, 6.45) is 3.19. The van der Waals surface area contributed by atoms with Crippen molar-refractivity contribution in [3.63, 3.8) is 0 Å². The van der Waals surface area contributed by atoms with E-state index in [1.807, 2.05) is 0 Å². The average molecular weight is 308 g/mol. The summed E-state index contributed by atoms with van der Waals surface area (Å²) in [5.41, 5.74) is 4.04. The molecule has 0 saturated heterocycles. The Bertz CT molecular complexity index is 1040. The van der Waals surface area contributed by atoms with Crippen molar-refractivity contribution in [3.05, 3.63) is 102 Å². The smallest absolute Gasteiger partial charge is 0.00229 e. The van der Waals surface area contributed by atoms with Crippen LogP contribution in [0.2, 0.25) is 0 Å². The van der Waals surface area contributed by atoms with Gasteiger partial charge >= 0.3 is 0 Å². The van der Waals surface area contributed by atoms with Crippen molar-refractivity contribution >= 4 is 27.1 Å². The molecule has 0 radical (unpaired) electrons. The van der Waals surface area contributed by atoms with Gasteiger partial charge in [-0.15, -0.1) is 0 Å². The van der Waals surface area contributed by atoms with Crippen molar-refractivity contribution in [2.75, 3.05) is 0 Å². The van der Waals surface area contributed by atoms with Gasteiger partial charge in [-0.2, -0.15) is 0 Å². The maximum absolute atomic E-state index is 2.31. The lowest BCUT2D eigenvalue weighted by Crippen LogP contribution is -1.91. The average Bonchev–Trinajstić information content (AvgIpc) is 2.65. The van der Waals surface area contributed by atoms with Crippen molar-refractivity contribution in [2.24, 2.45) is 0 Å². The van der Waals surface area contributed by atoms with Crippen molar-refractivity contribution in [1.29, 1.82) is 0 Å². The van der Waals surface area contributed by atoms with Crippen LogP contribution in [-0.4, -0.2) is 0 Å². The van der Waals surface area contributed by atoms with Gasteiger partial charge in [-0.3, -0.25) is 0 Å². The molecule has 4 aromatic rings. The van der Waals surface area contributed by atoms with E-state index >= 15 is 0 Å². The van der Waals surface area contributed by atoms with Gasteiger partial charge in [-0.25, -0.2) is 0 Å². The summed E-state index contributed by atoms with van der Waals surface area (Å²) in [7, 11) is 0. The highest BCUT2D eigenvalue weighted by atomic mass is 14.1. The molecule has 0 nitrogen and oxygen atoms in total. The number of fused-ring (bicyclic) bond motifs is 2. The monoisotopic (exact) mass is 308 g/mol. The van der Waals surface area contributed by atoms with E-state index in [2.05, 4.69) is 97.9 Å². The van der Waals surface area contributed by atoms with Gasteiger partial charge in [0.15, 0.2) is 0 Å². The summed E-state index contributed by atoms with van der Waals surface area (Å²) < 4.78 is 0. The summed E-state index contributed by atoms with van der Waals surface area (Å²) in [5, 5.41) is 5.20. The molecule has 4 aromatic carbocycles. The maximum Gasteiger partial charge on any atom is -0.00229 e. The van der Waals surface area contributed by atoms with E-state index in [9.17, 15) is 0 Å². The Morgan fingerprint density at radius 2 is 1.25 bits per heavy atom. The first-order chi connectivity index (χ1) is 11.8. The number of hydrogen-bond donors (Lipinski definition) is 0. The third kappa shape index (κ3) is 2.83. The molecule has 24 heavy (non-hydrogen) atoms. The van der Waals surface area contributed by atoms with Crippen LogP contribution in [0.25, 0.3) is 27.1 Å². The van der Waals surface area contributed by atoms with Crippen LogP contribution in [0.4, 0.5) is 0 Å². The first-order valence-corrected chi connectivity index (χ1v) is 8.45. The molecular formula is C24H20. The van der Waals surface area contributed by atoms with Crippen LogP contribution in [0.3, 0.4) is 0 Å². The molecule has 0 unspecified atom stereocenters. The zero-order valence-corrected chi connectivity index (χ0v) is 13.9. The normalized spacial score (nSPS) is 12.0. The van der Waals surface area contributed by atoms with E-state index in [4.69, 9.17) is 0 Å². The second kappa shape index (κ2) is 6.33. The second-order valence-corrected chi connectivity index (χ2v) is 6.23. The highest BCUT2D eigenvalue weighted by Crippen LogP contribution is 2.25. The molecule has 0 aromatic heterocycles. The summed E-state index contributed by atoms with van der Waals surface area (Å²) in [4.78, 5) is 0. The molecule has 0 saturated carbocycles. The Labute approximate surface area is 143 Å². The van der Waals surface area contributed by atoms with Crippen LogP contribution >= 0.6 is 0 Å². The van der Waals surface area contributed by atoms with Crippen LogP contribution in [-0.2, 0) is 6.42 Å². The Kier molecular flexibility index (Phi) is 3.88. The number of allylic oxidation sites excluding steroid dienone is 2. The largest absolute Gasteiger partial charge is 0.0835 e. The summed E-state index contributed by atoms with van der Waals surface area (Å²) in [5.74, 6) is 0. The molecule has 0 aliphatic heterocycles. The third-order valence-corrected chi connectivity index (χ3v) is 4.68. The van der Waals surface area contributed by atoms with Gasteiger partial charge in [-0.1, -0.05) is 84.9 Å². The van der Waals surface area contributed by atoms with Crippen molar-refractivity contribution < 1.29 is 0 Å². The zero-order valence-electron chi connectivity index (χ0n) is 13.9. The fourth-order valence-corrected chi connectivity index (χ4v) is 3.33. The Morgan fingerprint density at radius 1 is 0.667 bits per heavy atom. The molecule has 0 fully saturated rings. The van der Waals surface area contributed by atoms with Crippen LogP contribution < -0.4 is 0 Å². The van der Waals surface area contributed by atoms with Gasteiger partial charge in [0, 0.05) is 0 Å². The lowest BCUT2D eigenvalue weighted by molar-refractivity contribution is 1.29. The third-order valence-electron chi connectivity index (χ3n) is 4.68. The van der Waals surface area contributed by atoms with Crippen LogP contribution in [0.15, 0.2) is 91.0 Å². The van der Waals surface area contributed by atoms with Gasteiger partial charge < -0.3 is 0 Å². The maximum atomic E-state index is 2.31. The molecule has 0 aliphatic carbocycles. The van der Waals surface area contributed by atoms with Crippen molar-refractivity contribution in [3.8, 4) is 0 Å². The van der Waals surface area contributed by atoms with E-state index in [0.717, 1.165) is 6.42 Å². The molecule has 0 N–H and O–H groups in total. The minimum atomic E-state index is 0.958. The Morgan fingerprint density at radius 3 is 1.92 bits per heavy atom. The van der Waals surface area contributed by atoms with E-state index in [-0.39, 0.29) is 0 Å². The fourth-order valence-electron chi connectivity index (χ4n) is 3.33. The SMILES string of the molecule is C/C=C(/Cc1ccc2ccccc2c1)c1ccc2ccccc2c1. The topological polar surface area (TPSA) is 0 Å². The molecule has 116 valence electrons. The summed E-state index contributed by atoms with van der Waals surface area (Å²) in [6.45, 7) is 2.13. The minimum Gasteiger partial charge on any atom is -0.0835 e. The molecular weight excluding hydrogens is 288 g/mol. The first kappa shape index (κ1) is 14.7. The lowest BCUT2D eigenvalue weighted by Gasteiger charge is -2.10. The summed E-state index contributed by atoms with van der Waals surface area (Å²) in [6, 6.07) is 30.6. The van der Waals surface area contributed by atoms with Gasteiger partial charge in [-0.05, 0) is 57.7 Å². The van der Waals surface area contributed by atoms with E-state index in [1.165, 1.54) is 38.2 Å². The lowest BCUT2D eigenvalue weighted by atomic mass is 9.95. The molecule has 4 rings (SSSR count). The quantitative estimate of drug-likeness (QED) is 0.398. The highest BCUT2D eigenvalue weighted by Gasteiger charge is 2.05. The Balaban J connectivity index is 1.69. The molecule has 0 spiro atoms. The van der Waals surface area contributed by atoms with Gasteiger partial charge in [0.25, 0.3) is 0 Å². The van der Waals surface area contributed by atoms with E-state index < -0.39 is 0 Å². The van der Waals surface area contributed by atoms with Crippen LogP contribution in [0, 0.1) is 0 Å². The second-order valence-electron chi connectivity index (χ2n) is 6.23. The zero-order chi connectivity index (χ0) is 16.4. The predicted molar refractivity (Wildman–Crippen MR) is 105 cm³/mol. The van der Waals surface area contributed by atoms with Crippen LogP contribution in [0.1, 0.15) is 18.1 Å². The highest BCUT2D eigenvalue weighted by molar-refractivity contribution is 5.87. The minimum absolute atomic E-state index is 0.958. The predicted octanol–water partition coefficient (Wildman–Crippen LogP) is 6.64. The molecule has 0 amide bonds. The summed E-state index contributed by atoms with van der Waals surface area (Å²) >= 11 is 0. The molecule has 0 aliphatic rings. The van der Waals surface area contributed by atoms with Gasteiger partial charge in [0.2, 0.25) is 0 Å². The van der Waals surface area contributed by atoms with Crippen LogP contribution in [0.5, 0.6) is 0 Å². The molecule has 0 heteroatoms. The molecule has 0 heterocycles. The first-order valence-electron chi connectivity index (χ1n) is 8.45. The fraction of sp³-hybridized carbons (Fsp3) is 0.0833. The van der Waals surface area contributed by atoms with E-state index in [0.29, 0.717) is 0 Å². The molecule has 0 bridgehead atoms. The van der Waals surface area contributed by atoms with Crippen molar-refractivity contribution in [2.45, 2.75) is 13.3 Å². The van der Waals surface area contributed by atoms with Gasteiger partial charge in [0.1, 0.15) is 0 Å². The number of rotatable bonds is 3. The van der Waals surface area contributed by atoms with Crippen molar-refractivity contribution in [1.82, 2.24) is 0 Å². The van der Waals surface area contributed by atoms with E-state index in [1.54, 1.807) is 0 Å². The Hall–Kier alpha value is -2.86. The standard InChI is InChI=1S/C24H20/c1-2-19(24-14-13-21-8-4-6-10-23(21)17-24)15-18-11-12-20-7-3-5-9-22(20)16-18/h2-14,16-17H,15H2,1H3/b19-2-. The van der Waals surface area contributed by atoms with Gasteiger partial charge in [0.05, 0.1) is 0 Å². The number of hydrogen-bond acceptors (Lipinski definition) is 0. The number of benzene rings is 4.